The first-order chi connectivity index (χ1) is 9.24. The minimum absolute atomic E-state index is 0.420. The standard InChI is InChI=1S/C13H13IN2O3/c14-7-3-8-19-9-6-12(17)16-11-5-2-1-4-10(11)15-13(16)18/h1-2,4-6,9H,3,7-8H2,(H,15,18)/b9-6+. The lowest BCUT2D eigenvalue weighted by Crippen LogP contribution is -2.22. The molecule has 2 aromatic rings. The highest BCUT2D eigenvalue weighted by Gasteiger charge is 2.10. The average molecular weight is 372 g/mol. The monoisotopic (exact) mass is 372 g/mol. The van der Waals surface area contributed by atoms with Crippen molar-refractivity contribution in [2.24, 2.45) is 0 Å². The summed E-state index contributed by atoms with van der Waals surface area (Å²) in [6.45, 7) is 0.565. The minimum Gasteiger partial charge on any atom is -0.501 e. The molecule has 6 heteroatoms. The molecular formula is C13H13IN2O3. The molecule has 0 aliphatic heterocycles. The van der Waals surface area contributed by atoms with Crippen molar-refractivity contribution < 1.29 is 9.53 Å². The van der Waals surface area contributed by atoms with Gasteiger partial charge in [-0.15, -0.1) is 0 Å². The summed E-state index contributed by atoms with van der Waals surface area (Å²) < 4.78 is 7.26. The molecule has 0 fully saturated rings. The molecule has 1 aromatic heterocycles. The number of H-pyrrole nitrogens is 1. The number of hydrogen-bond acceptors (Lipinski definition) is 3. The van der Waals surface area contributed by atoms with Gasteiger partial charge in [-0.1, -0.05) is 34.7 Å². The van der Waals surface area contributed by atoms with Crippen molar-refractivity contribution in [1.29, 1.82) is 0 Å². The van der Waals surface area contributed by atoms with E-state index in [1.54, 1.807) is 24.3 Å². The van der Waals surface area contributed by atoms with Crippen LogP contribution in [0.5, 0.6) is 0 Å². The second-order valence-electron chi connectivity index (χ2n) is 3.84. The van der Waals surface area contributed by atoms with Crippen LogP contribution >= 0.6 is 22.6 Å². The molecular weight excluding hydrogens is 359 g/mol. The predicted molar refractivity (Wildman–Crippen MR) is 81.8 cm³/mol. The molecule has 0 saturated heterocycles. The van der Waals surface area contributed by atoms with Gasteiger partial charge >= 0.3 is 5.69 Å². The zero-order valence-corrected chi connectivity index (χ0v) is 12.3. The van der Waals surface area contributed by atoms with E-state index in [0.29, 0.717) is 17.6 Å². The Bertz CT molecular complexity index is 657. The summed E-state index contributed by atoms with van der Waals surface area (Å²) >= 11 is 2.25. The number of aromatic nitrogens is 2. The summed E-state index contributed by atoms with van der Waals surface area (Å²) in [6.07, 6.45) is 3.52. The van der Waals surface area contributed by atoms with Crippen LogP contribution in [0.2, 0.25) is 0 Å². The maximum Gasteiger partial charge on any atom is 0.333 e. The van der Waals surface area contributed by atoms with Crippen molar-refractivity contribution in [1.82, 2.24) is 9.55 Å². The van der Waals surface area contributed by atoms with Gasteiger partial charge in [-0.05, 0) is 18.6 Å². The summed E-state index contributed by atoms with van der Waals surface area (Å²) in [5.74, 6) is -0.420. The lowest BCUT2D eigenvalue weighted by Gasteiger charge is -1.98. The van der Waals surface area contributed by atoms with Crippen molar-refractivity contribution in [3.05, 3.63) is 47.1 Å². The van der Waals surface area contributed by atoms with E-state index in [0.717, 1.165) is 15.4 Å². The van der Waals surface area contributed by atoms with Crippen molar-refractivity contribution in [3.63, 3.8) is 0 Å². The van der Waals surface area contributed by atoms with E-state index < -0.39 is 11.6 Å². The minimum atomic E-state index is -0.442. The van der Waals surface area contributed by atoms with Crippen LogP contribution < -0.4 is 5.69 Å². The van der Waals surface area contributed by atoms with Crippen LogP contribution in [0.3, 0.4) is 0 Å². The second-order valence-corrected chi connectivity index (χ2v) is 4.92. The van der Waals surface area contributed by atoms with Gasteiger partial charge in [0.25, 0.3) is 5.91 Å². The van der Waals surface area contributed by atoms with Crippen molar-refractivity contribution >= 4 is 39.5 Å². The highest BCUT2D eigenvalue weighted by molar-refractivity contribution is 14.1. The number of alkyl halides is 1. The number of aromatic amines is 1. The van der Waals surface area contributed by atoms with E-state index in [9.17, 15) is 9.59 Å². The maximum absolute atomic E-state index is 11.9. The molecule has 1 N–H and O–H groups in total. The number of halogens is 1. The Morgan fingerprint density at radius 2 is 2.21 bits per heavy atom. The quantitative estimate of drug-likeness (QED) is 0.288. The molecule has 100 valence electrons. The van der Waals surface area contributed by atoms with Crippen LogP contribution in [0.15, 0.2) is 41.4 Å². The Morgan fingerprint density at radius 1 is 1.42 bits per heavy atom. The fourth-order valence-corrected chi connectivity index (χ4v) is 1.97. The van der Waals surface area contributed by atoms with Crippen LogP contribution in [0.1, 0.15) is 11.2 Å². The van der Waals surface area contributed by atoms with E-state index in [1.807, 2.05) is 0 Å². The van der Waals surface area contributed by atoms with E-state index in [1.165, 1.54) is 12.3 Å². The fourth-order valence-electron chi connectivity index (χ4n) is 1.66. The fraction of sp³-hybridized carbons (Fsp3) is 0.231. The number of para-hydroxylation sites is 2. The lowest BCUT2D eigenvalue weighted by atomic mass is 10.3. The summed E-state index contributed by atoms with van der Waals surface area (Å²) in [5.41, 5.74) is 0.762. The number of allylic oxidation sites excluding steroid dienone is 1. The summed E-state index contributed by atoms with van der Waals surface area (Å²) in [5, 5.41) is 0. The third kappa shape index (κ3) is 3.25. The number of benzene rings is 1. The van der Waals surface area contributed by atoms with Crippen LogP contribution in [-0.4, -0.2) is 26.5 Å². The van der Waals surface area contributed by atoms with Crippen molar-refractivity contribution in [3.8, 4) is 0 Å². The van der Waals surface area contributed by atoms with Crippen molar-refractivity contribution in [2.45, 2.75) is 6.42 Å². The number of nitrogens with zero attached hydrogens (tertiary/aromatic N) is 1. The summed E-state index contributed by atoms with van der Waals surface area (Å²) in [7, 11) is 0. The van der Waals surface area contributed by atoms with E-state index >= 15 is 0 Å². The van der Waals surface area contributed by atoms with Crippen LogP contribution in [0, 0.1) is 0 Å². The number of imidazole rings is 1. The first-order valence-electron chi connectivity index (χ1n) is 5.82. The van der Waals surface area contributed by atoms with Gasteiger partial charge < -0.3 is 9.72 Å². The molecule has 0 aliphatic rings. The number of ether oxygens (including phenoxy) is 1. The number of rotatable bonds is 5. The van der Waals surface area contributed by atoms with E-state index in [-0.39, 0.29) is 0 Å². The first kappa shape index (κ1) is 13.9. The highest BCUT2D eigenvalue weighted by atomic mass is 127. The predicted octanol–water partition coefficient (Wildman–Crippen LogP) is 2.33. The van der Waals surface area contributed by atoms with Gasteiger partial charge in [-0.2, -0.15) is 0 Å². The van der Waals surface area contributed by atoms with Gasteiger partial charge in [-0.3, -0.25) is 4.79 Å². The lowest BCUT2D eigenvalue weighted by molar-refractivity contribution is 0.0965. The Morgan fingerprint density at radius 3 is 3.00 bits per heavy atom. The van der Waals surface area contributed by atoms with Gasteiger partial charge in [0.1, 0.15) is 0 Å². The molecule has 1 heterocycles. The Kier molecular flexibility index (Phi) is 4.78. The molecule has 0 atom stereocenters. The molecule has 0 unspecified atom stereocenters. The summed E-state index contributed by atoms with van der Waals surface area (Å²) in [6, 6.07) is 7.05. The summed E-state index contributed by atoms with van der Waals surface area (Å²) in [4.78, 5) is 26.3. The molecule has 0 aliphatic carbocycles. The molecule has 0 radical (unpaired) electrons. The zero-order chi connectivity index (χ0) is 13.7. The number of carbonyl (C=O) groups excluding carboxylic acids is 1. The Balaban J connectivity index is 2.17. The number of fused-ring (bicyclic) bond motifs is 1. The average Bonchev–Trinajstić information content (AvgIpc) is 2.74. The normalized spacial score (nSPS) is 11.2. The van der Waals surface area contributed by atoms with Crippen LogP contribution in [-0.2, 0) is 4.74 Å². The van der Waals surface area contributed by atoms with Crippen LogP contribution in [0.4, 0.5) is 0 Å². The smallest absolute Gasteiger partial charge is 0.333 e. The Labute approximate surface area is 123 Å². The van der Waals surface area contributed by atoms with Gasteiger partial charge in [0.2, 0.25) is 0 Å². The second kappa shape index (κ2) is 6.55. The molecule has 0 amide bonds. The highest BCUT2D eigenvalue weighted by Crippen LogP contribution is 2.08. The SMILES string of the molecule is O=C(/C=C/OCCCI)n1c(=O)[nH]c2ccccc21. The van der Waals surface area contributed by atoms with E-state index in [2.05, 4.69) is 27.6 Å². The number of hydrogen-bond donors (Lipinski definition) is 1. The van der Waals surface area contributed by atoms with Gasteiger partial charge in [-0.25, -0.2) is 9.36 Å². The van der Waals surface area contributed by atoms with Crippen molar-refractivity contribution in [2.75, 3.05) is 11.0 Å². The molecule has 19 heavy (non-hydrogen) atoms. The molecule has 0 saturated carbocycles. The van der Waals surface area contributed by atoms with E-state index in [4.69, 9.17) is 4.74 Å². The first-order valence-corrected chi connectivity index (χ1v) is 7.35. The number of carbonyl (C=O) groups is 1. The Hall–Kier alpha value is -1.57. The van der Waals surface area contributed by atoms with Gasteiger partial charge in [0.05, 0.1) is 23.9 Å². The topological polar surface area (TPSA) is 64.1 Å². The van der Waals surface area contributed by atoms with Gasteiger partial charge in [0, 0.05) is 10.5 Å². The largest absolute Gasteiger partial charge is 0.501 e. The molecule has 2 rings (SSSR count). The van der Waals surface area contributed by atoms with Gasteiger partial charge in [0.15, 0.2) is 0 Å². The third-order valence-electron chi connectivity index (χ3n) is 2.51. The maximum atomic E-state index is 11.9. The number of nitrogens with one attached hydrogen (secondary N) is 1. The molecule has 0 spiro atoms. The molecule has 1 aromatic carbocycles. The molecule has 5 nitrogen and oxygen atoms in total. The zero-order valence-electron chi connectivity index (χ0n) is 10.1. The van der Waals surface area contributed by atoms with Crippen LogP contribution in [0.25, 0.3) is 11.0 Å². The molecule has 0 bridgehead atoms. The third-order valence-corrected chi connectivity index (χ3v) is 3.28.